The van der Waals surface area contributed by atoms with Gasteiger partial charge >= 0.3 is 12.3 Å². The maximum Gasteiger partial charge on any atom is 0.416 e. The first-order valence-electron chi connectivity index (χ1n) is 9.41. The Morgan fingerprint density at radius 3 is 2.73 bits per heavy atom. The van der Waals surface area contributed by atoms with Crippen LogP contribution in [-0.2, 0) is 26.9 Å². The van der Waals surface area contributed by atoms with E-state index in [4.69, 9.17) is 14.2 Å². The van der Waals surface area contributed by atoms with E-state index in [1.54, 1.807) is 6.20 Å². The molecule has 4 atom stereocenters. The molecule has 4 rings (SSSR count). The number of aromatic nitrogens is 1. The molecule has 160 valence electrons. The van der Waals surface area contributed by atoms with E-state index in [9.17, 15) is 18.0 Å². The number of nitrogens with one attached hydrogen (secondary N) is 2. The van der Waals surface area contributed by atoms with Gasteiger partial charge in [0, 0.05) is 18.4 Å². The molecule has 1 aromatic carbocycles. The Morgan fingerprint density at radius 1 is 1.13 bits per heavy atom. The number of alkyl halides is 3. The van der Waals surface area contributed by atoms with Crippen LogP contribution >= 0.6 is 0 Å². The predicted molar refractivity (Wildman–Crippen MR) is 99.7 cm³/mol. The lowest BCUT2D eigenvalue weighted by Gasteiger charge is -2.18. The van der Waals surface area contributed by atoms with Gasteiger partial charge in [0.05, 0.1) is 30.5 Å². The molecule has 0 aliphatic carbocycles. The van der Waals surface area contributed by atoms with Crippen molar-refractivity contribution in [3.8, 4) is 0 Å². The fourth-order valence-corrected chi connectivity index (χ4v) is 3.54. The number of benzene rings is 1. The van der Waals surface area contributed by atoms with Gasteiger partial charge in [-0.05, 0) is 30.3 Å². The lowest BCUT2D eigenvalue weighted by molar-refractivity contribution is -0.137. The van der Waals surface area contributed by atoms with Crippen molar-refractivity contribution in [3.05, 3.63) is 59.9 Å². The van der Waals surface area contributed by atoms with Crippen LogP contribution in [0.3, 0.4) is 0 Å². The monoisotopic (exact) mass is 423 g/mol. The summed E-state index contributed by atoms with van der Waals surface area (Å²) in [5.41, 5.74) is 0.0188. The summed E-state index contributed by atoms with van der Waals surface area (Å²) in [5.74, 6) is 0. The number of nitrogens with zero attached hydrogens (tertiary/aromatic N) is 1. The van der Waals surface area contributed by atoms with Crippen LogP contribution in [0.1, 0.15) is 11.3 Å². The van der Waals surface area contributed by atoms with Gasteiger partial charge in [-0.2, -0.15) is 13.2 Å². The molecule has 0 bridgehead atoms. The van der Waals surface area contributed by atoms with Crippen molar-refractivity contribution < 1.29 is 32.2 Å². The summed E-state index contributed by atoms with van der Waals surface area (Å²) in [7, 11) is 0. The number of carbonyl (C=O) groups excluding carboxylic acids is 1. The van der Waals surface area contributed by atoms with E-state index in [1.807, 2.05) is 18.2 Å². The van der Waals surface area contributed by atoms with Crippen LogP contribution in [0.2, 0.25) is 0 Å². The SMILES string of the molecule is O=C(Nc1cccc(C(F)(F)F)c1)O[C@@H]1CO[C@H]2[C@H]1OC[C@H]2NCc1ccccn1. The Balaban J connectivity index is 1.30. The molecule has 0 unspecified atom stereocenters. The van der Waals surface area contributed by atoms with Gasteiger partial charge in [-0.1, -0.05) is 12.1 Å². The van der Waals surface area contributed by atoms with Crippen LogP contribution in [0.5, 0.6) is 0 Å². The van der Waals surface area contributed by atoms with E-state index in [-0.39, 0.29) is 24.4 Å². The third-order valence-corrected chi connectivity index (χ3v) is 4.97. The lowest BCUT2D eigenvalue weighted by Crippen LogP contribution is -2.41. The van der Waals surface area contributed by atoms with Gasteiger partial charge in [-0.25, -0.2) is 4.79 Å². The van der Waals surface area contributed by atoms with E-state index >= 15 is 0 Å². The van der Waals surface area contributed by atoms with E-state index in [0.29, 0.717) is 13.2 Å². The zero-order valence-corrected chi connectivity index (χ0v) is 15.8. The normalized spacial score (nSPS) is 25.7. The molecule has 7 nitrogen and oxygen atoms in total. The maximum atomic E-state index is 12.8. The molecule has 30 heavy (non-hydrogen) atoms. The van der Waals surface area contributed by atoms with Crippen LogP contribution in [0.15, 0.2) is 48.7 Å². The van der Waals surface area contributed by atoms with Gasteiger partial charge in [0.1, 0.15) is 12.2 Å². The molecule has 2 aromatic rings. The molecule has 2 aliphatic heterocycles. The van der Waals surface area contributed by atoms with Crippen molar-refractivity contribution in [2.45, 2.75) is 37.1 Å². The first-order valence-corrected chi connectivity index (χ1v) is 9.41. The maximum absolute atomic E-state index is 12.8. The van der Waals surface area contributed by atoms with Crippen molar-refractivity contribution in [3.63, 3.8) is 0 Å². The molecule has 0 spiro atoms. The van der Waals surface area contributed by atoms with Crippen LogP contribution in [0.25, 0.3) is 0 Å². The average molecular weight is 423 g/mol. The number of fused-ring (bicyclic) bond motifs is 1. The minimum Gasteiger partial charge on any atom is -0.441 e. The number of halogens is 3. The third-order valence-electron chi connectivity index (χ3n) is 4.97. The van der Waals surface area contributed by atoms with Gasteiger partial charge in [-0.15, -0.1) is 0 Å². The Labute approximate surface area is 170 Å². The summed E-state index contributed by atoms with van der Waals surface area (Å²) in [6, 6.07) is 9.90. The van der Waals surface area contributed by atoms with Gasteiger partial charge in [-0.3, -0.25) is 10.3 Å². The topological polar surface area (TPSA) is 81.7 Å². The molecule has 2 saturated heterocycles. The van der Waals surface area contributed by atoms with E-state index < -0.39 is 30.0 Å². The van der Waals surface area contributed by atoms with E-state index in [1.165, 1.54) is 12.1 Å². The Hall–Kier alpha value is -2.69. The fraction of sp³-hybridized carbons (Fsp3) is 0.400. The molecule has 0 radical (unpaired) electrons. The Kier molecular flexibility index (Phi) is 5.89. The molecule has 3 heterocycles. The van der Waals surface area contributed by atoms with Gasteiger partial charge in [0.25, 0.3) is 0 Å². The number of ether oxygens (including phenoxy) is 3. The summed E-state index contributed by atoms with van der Waals surface area (Å²) in [6.45, 7) is 1.08. The zero-order valence-electron chi connectivity index (χ0n) is 15.8. The van der Waals surface area contributed by atoms with Crippen molar-refractivity contribution in [2.75, 3.05) is 18.5 Å². The van der Waals surface area contributed by atoms with Crippen molar-refractivity contribution in [1.29, 1.82) is 0 Å². The largest absolute Gasteiger partial charge is 0.441 e. The molecule has 2 N–H and O–H groups in total. The van der Waals surface area contributed by atoms with E-state index in [2.05, 4.69) is 15.6 Å². The highest BCUT2D eigenvalue weighted by Gasteiger charge is 2.49. The highest BCUT2D eigenvalue weighted by molar-refractivity contribution is 5.84. The average Bonchev–Trinajstić information content (AvgIpc) is 3.30. The summed E-state index contributed by atoms with van der Waals surface area (Å²) in [6.07, 6.45) is -5.04. The quantitative estimate of drug-likeness (QED) is 0.770. The van der Waals surface area contributed by atoms with Crippen LogP contribution in [0, 0.1) is 0 Å². The molecule has 1 aromatic heterocycles. The summed E-state index contributed by atoms with van der Waals surface area (Å²) in [5, 5.41) is 5.65. The van der Waals surface area contributed by atoms with Gasteiger partial charge in [0.15, 0.2) is 6.10 Å². The van der Waals surface area contributed by atoms with Crippen LogP contribution in [0.4, 0.5) is 23.7 Å². The number of anilines is 1. The highest BCUT2D eigenvalue weighted by atomic mass is 19.4. The molecular weight excluding hydrogens is 403 g/mol. The number of carbonyl (C=O) groups is 1. The first-order chi connectivity index (χ1) is 14.4. The highest BCUT2D eigenvalue weighted by Crippen LogP contribution is 2.31. The minimum absolute atomic E-state index is 0.00691. The Bertz CT molecular complexity index is 881. The van der Waals surface area contributed by atoms with Crippen molar-refractivity contribution in [2.24, 2.45) is 0 Å². The second-order valence-corrected chi connectivity index (χ2v) is 7.05. The third kappa shape index (κ3) is 4.72. The van der Waals surface area contributed by atoms with Gasteiger partial charge < -0.3 is 19.5 Å². The Morgan fingerprint density at radius 2 is 1.97 bits per heavy atom. The number of hydrogen-bond acceptors (Lipinski definition) is 6. The van der Waals surface area contributed by atoms with Crippen LogP contribution in [-0.4, -0.2) is 48.6 Å². The second kappa shape index (κ2) is 8.58. The smallest absolute Gasteiger partial charge is 0.416 e. The fourth-order valence-electron chi connectivity index (χ4n) is 3.54. The summed E-state index contributed by atoms with van der Waals surface area (Å²) >= 11 is 0. The minimum atomic E-state index is -4.50. The summed E-state index contributed by atoms with van der Waals surface area (Å²) in [4.78, 5) is 16.4. The van der Waals surface area contributed by atoms with E-state index in [0.717, 1.165) is 17.8 Å². The molecule has 10 heteroatoms. The molecule has 2 fully saturated rings. The number of amides is 1. The lowest BCUT2D eigenvalue weighted by atomic mass is 10.1. The summed E-state index contributed by atoms with van der Waals surface area (Å²) < 4.78 is 55.2. The zero-order chi connectivity index (χ0) is 21.1. The first kappa shape index (κ1) is 20.6. The van der Waals surface area contributed by atoms with Crippen molar-refractivity contribution in [1.82, 2.24) is 10.3 Å². The van der Waals surface area contributed by atoms with Crippen LogP contribution < -0.4 is 10.6 Å². The standard InChI is InChI=1S/C20H20F3N3O4/c21-20(22,23)12-4-3-6-13(8-12)26-19(27)30-16-11-29-17-15(10-28-18(16)17)25-9-14-5-1-2-7-24-14/h1-8,15-18,25H,9-11H2,(H,26,27)/t15-,16-,17-,18+/m1/s1. The predicted octanol–water partition coefficient (Wildman–Crippen LogP) is 2.97. The number of pyridine rings is 1. The number of hydrogen-bond donors (Lipinski definition) is 2. The number of rotatable bonds is 5. The van der Waals surface area contributed by atoms with Crippen molar-refractivity contribution >= 4 is 11.8 Å². The van der Waals surface area contributed by atoms with Gasteiger partial charge in [0.2, 0.25) is 0 Å². The molecular formula is C20H20F3N3O4. The molecule has 0 saturated carbocycles. The molecule has 1 amide bonds. The second-order valence-electron chi connectivity index (χ2n) is 7.05. The molecule has 2 aliphatic rings.